The zero-order valence-electron chi connectivity index (χ0n) is 8.85. The lowest BCUT2D eigenvalue weighted by molar-refractivity contribution is -0.119. The van der Waals surface area contributed by atoms with Gasteiger partial charge in [-0.2, -0.15) is 0 Å². The maximum absolute atomic E-state index is 10.9. The number of carbonyl (C=O) groups is 1. The second-order valence-corrected chi connectivity index (χ2v) is 4.56. The van der Waals surface area contributed by atoms with Crippen molar-refractivity contribution in [2.75, 3.05) is 0 Å². The van der Waals surface area contributed by atoms with E-state index < -0.39 is 0 Å². The van der Waals surface area contributed by atoms with Crippen molar-refractivity contribution in [2.24, 2.45) is 17.1 Å². The van der Waals surface area contributed by atoms with Crippen molar-refractivity contribution < 1.29 is 4.79 Å². The molecule has 0 unspecified atom stereocenters. The molecule has 2 N–H and O–H groups in total. The molecule has 0 spiro atoms. The Morgan fingerprint density at radius 3 is 2.08 bits per heavy atom. The molecule has 0 amide bonds. The van der Waals surface area contributed by atoms with Crippen LogP contribution in [0, 0.1) is 11.3 Å². The van der Waals surface area contributed by atoms with Crippen molar-refractivity contribution in [3.8, 4) is 0 Å². The van der Waals surface area contributed by atoms with Gasteiger partial charge in [0.2, 0.25) is 0 Å². The highest BCUT2D eigenvalue weighted by Gasteiger charge is 2.26. The standard InChI is InChI=1S/C10H21NO/c1-7(2)10(4,5)6-9(11)8(3)12/h7,9H,6,11H2,1-5H3/t9-/m0/s1. The fourth-order valence-corrected chi connectivity index (χ4v) is 0.946. The van der Waals surface area contributed by atoms with E-state index in [4.69, 9.17) is 5.73 Å². The van der Waals surface area contributed by atoms with Crippen molar-refractivity contribution in [1.29, 1.82) is 0 Å². The minimum absolute atomic E-state index is 0.0868. The van der Waals surface area contributed by atoms with Crippen molar-refractivity contribution in [3.63, 3.8) is 0 Å². The number of ketones is 1. The lowest BCUT2D eigenvalue weighted by atomic mass is 9.76. The van der Waals surface area contributed by atoms with E-state index >= 15 is 0 Å². The molecule has 1 atom stereocenters. The Kier molecular flexibility index (Phi) is 3.91. The van der Waals surface area contributed by atoms with Gasteiger partial charge in [0.05, 0.1) is 6.04 Å². The topological polar surface area (TPSA) is 43.1 Å². The Morgan fingerprint density at radius 2 is 1.83 bits per heavy atom. The highest BCUT2D eigenvalue weighted by molar-refractivity contribution is 5.81. The Balaban J connectivity index is 4.15. The van der Waals surface area contributed by atoms with Gasteiger partial charge in [-0.05, 0) is 24.7 Å². The molecule has 0 bridgehead atoms. The van der Waals surface area contributed by atoms with Gasteiger partial charge in [0.1, 0.15) is 5.78 Å². The van der Waals surface area contributed by atoms with Crippen molar-refractivity contribution in [1.82, 2.24) is 0 Å². The van der Waals surface area contributed by atoms with E-state index in [2.05, 4.69) is 27.7 Å². The maximum Gasteiger partial charge on any atom is 0.146 e. The van der Waals surface area contributed by atoms with E-state index in [1.165, 1.54) is 0 Å². The van der Waals surface area contributed by atoms with Crippen LogP contribution >= 0.6 is 0 Å². The zero-order valence-corrected chi connectivity index (χ0v) is 8.85. The lowest BCUT2D eigenvalue weighted by Gasteiger charge is -2.31. The Labute approximate surface area is 75.5 Å². The van der Waals surface area contributed by atoms with Crippen LogP contribution in [0.25, 0.3) is 0 Å². The van der Waals surface area contributed by atoms with E-state index in [0.717, 1.165) is 6.42 Å². The maximum atomic E-state index is 10.9. The van der Waals surface area contributed by atoms with Gasteiger partial charge in [-0.3, -0.25) is 4.79 Å². The molecule has 0 aromatic carbocycles. The summed E-state index contributed by atoms with van der Waals surface area (Å²) in [7, 11) is 0. The normalized spacial score (nSPS) is 14.9. The van der Waals surface area contributed by atoms with Crippen LogP contribution in [0.1, 0.15) is 41.0 Å². The molecule has 12 heavy (non-hydrogen) atoms. The van der Waals surface area contributed by atoms with Gasteiger partial charge in [0.15, 0.2) is 0 Å². The van der Waals surface area contributed by atoms with Gasteiger partial charge in [-0.1, -0.05) is 27.7 Å². The SMILES string of the molecule is CC(=O)[C@@H](N)CC(C)(C)C(C)C. The molecule has 72 valence electrons. The molecule has 0 aliphatic heterocycles. The molecule has 0 fully saturated rings. The average Bonchev–Trinajstić information content (AvgIpc) is 1.85. The largest absolute Gasteiger partial charge is 0.322 e. The van der Waals surface area contributed by atoms with E-state index in [0.29, 0.717) is 5.92 Å². The molecule has 2 nitrogen and oxygen atoms in total. The number of hydrogen-bond donors (Lipinski definition) is 1. The number of hydrogen-bond acceptors (Lipinski definition) is 2. The first-order valence-electron chi connectivity index (χ1n) is 4.53. The van der Waals surface area contributed by atoms with Crippen LogP contribution in [-0.4, -0.2) is 11.8 Å². The van der Waals surface area contributed by atoms with Gasteiger partial charge in [0, 0.05) is 0 Å². The summed E-state index contributed by atoms with van der Waals surface area (Å²) in [6.45, 7) is 10.2. The van der Waals surface area contributed by atoms with E-state index in [1.807, 2.05) is 0 Å². The van der Waals surface area contributed by atoms with Crippen LogP contribution in [0.2, 0.25) is 0 Å². The summed E-state index contributed by atoms with van der Waals surface area (Å²) in [5.74, 6) is 0.645. The van der Waals surface area contributed by atoms with Crippen LogP contribution in [-0.2, 0) is 4.79 Å². The summed E-state index contributed by atoms with van der Waals surface area (Å²) in [5, 5.41) is 0. The molecule has 0 rings (SSSR count). The smallest absolute Gasteiger partial charge is 0.146 e. The Hall–Kier alpha value is -0.370. The van der Waals surface area contributed by atoms with Crippen LogP contribution in [0.5, 0.6) is 0 Å². The molecular formula is C10H21NO. The molecule has 0 aromatic heterocycles. The first-order chi connectivity index (χ1) is 5.27. The number of rotatable bonds is 4. The van der Waals surface area contributed by atoms with Crippen molar-refractivity contribution in [3.05, 3.63) is 0 Å². The molecule has 2 heteroatoms. The minimum atomic E-state index is -0.289. The Morgan fingerprint density at radius 1 is 1.42 bits per heavy atom. The quantitative estimate of drug-likeness (QED) is 0.702. The third kappa shape index (κ3) is 3.35. The van der Waals surface area contributed by atoms with Gasteiger partial charge in [-0.15, -0.1) is 0 Å². The van der Waals surface area contributed by atoms with E-state index in [-0.39, 0.29) is 17.2 Å². The van der Waals surface area contributed by atoms with Gasteiger partial charge < -0.3 is 5.73 Å². The monoisotopic (exact) mass is 171 g/mol. The van der Waals surface area contributed by atoms with E-state index in [1.54, 1.807) is 6.92 Å². The third-order valence-corrected chi connectivity index (χ3v) is 2.83. The lowest BCUT2D eigenvalue weighted by Crippen LogP contribution is -2.35. The molecule has 0 saturated carbocycles. The van der Waals surface area contributed by atoms with Crippen molar-refractivity contribution >= 4 is 5.78 Å². The van der Waals surface area contributed by atoms with Crippen LogP contribution in [0.3, 0.4) is 0 Å². The van der Waals surface area contributed by atoms with Crippen LogP contribution in [0.4, 0.5) is 0 Å². The predicted octanol–water partition coefficient (Wildman–Crippen LogP) is 1.97. The summed E-state index contributed by atoms with van der Waals surface area (Å²) in [5.41, 5.74) is 5.85. The Bertz CT molecular complexity index is 161. The number of Topliss-reactive ketones (excluding diaryl/α,β-unsaturated/α-hetero) is 1. The summed E-state index contributed by atoms with van der Waals surface area (Å²) in [6.07, 6.45) is 0.778. The van der Waals surface area contributed by atoms with Crippen molar-refractivity contribution in [2.45, 2.75) is 47.1 Å². The molecule has 0 aliphatic carbocycles. The first-order valence-corrected chi connectivity index (χ1v) is 4.53. The number of nitrogens with two attached hydrogens (primary N) is 1. The summed E-state index contributed by atoms with van der Waals surface area (Å²) in [6, 6.07) is -0.289. The molecule has 0 saturated heterocycles. The number of carbonyl (C=O) groups excluding carboxylic acids is 1. The second kappa shape index (κ2) is 4.04. The molecule has 0 radical (unpaired) electrons. The van der Waals surface area contributed by atoms with Gasteiger partial charge in [0.25, 0.3) is 0 Å². The zero-order chi connectivity index (χ0) is 9.94. The average molecular weight is 171 g/mol. The highest BCUT2D eigenvalue weighted by Crippen LogP contribution is 2.30. The summed E-state index contributed by atoms with van der Waals surface area (Å²) >= 11 is 0. The first kappa shape index (κ1) is 11.6. The van der Waals surface area contributed by atoms with Gasteiger partial charge >= 0.3 is 0 Å². The minimum Gasteiger partial charge on any atom is -0.322 e. The second-order valence-electron chi connectivity index (χ2n) is 4.56. The molecule has 0 aromatic rings. The van der Waals surface area contributed by atoms with Crippen LogP contribution in [0.15, 0.2) is 0 Å². The molecule has 0 heterocycles. The fourth-order valence-electron chi connectivity index (χ4n) is 0.946. The molecule has 0 aliphatic rings. The van der Waals surface area contributed by atoms with E-state index in [9.17, 15) is 4.79 Å². The highest BCUT2D eigenvalue weighted by atomic mass is 16.1. The van der Waals surface area contributed by atoms with Crippen LogP contribution < -0.4 is 5.73 Å². The fraction of sp³-hybridized carbons (Fsp3) is 0.900. The molecular weight excluding hydrogens is 150 g/mol. The third-order valence-electron chi connectivity index (χ3n) is 2.83. The predicted molar refractivity (Wildman–Crippen MR) is 51.9 cm³/mol. The van der Waals surface area contributed by atoms with Gasteiger partial charge in [-0.25, -0.2) is 0 Å². The summed E-state index contributed by atoms with van der Waals surface area (Å²) in [4.78, 5) is 10.9. The summed E-state index contributed by atoms with van der Waals surface area (Å²) < 4.78 is 0.